The maximum absolute atomic E-state index is 12.5. The van der Waals surface area contributed by atoms with Crippen molar-refractivity contribution in [2.45, 2.75) is 120 Å². The molecule has 1 aromatic heterocycles. The molecule has 3 saturated carbocycles. The molecular formula is C24H38AgFN2O4P. The van der Waals surface area contributed by atoms with Crippen molar-refractivity contribution in [1.82, 2.24) is 9.55 Å². The summed E-state index contributed by atoms with van der Waals surface area (Å²) in [6.07, 6.45) is 24.2. The number of carboxylic acid groups (broad SMARTS) is 1. The fourth-order valence-corrected chi connectivity index (χ4v) is 10.5. The molecule has 0 unspecified atom stereocenters. The van der Waals surface area contributed by atoms with Gasteiger partial charge in [0.1, 0.15) is 6.54 Å². The van der Waals surface area contributed by atoms with Gasteiger partial charge < -0.3 is 5.11 Å². The molecule has 1 aromatic rings. The SMILES string of the molecule is C1CCC(P(C2CCCCC2)C2CCCCC2)CC1.O=C(O)Cn1cc(F)c(=O)[nH]c1=O.[Ag]. The van der Waals surface area contributed by atoms with Crippen LogP contribution >= 0.6 is 7.92 Å². The summed E-state index contributed by atoms with van der Waals surface area (Å²) in [5.41, 5.74) is 1.46. The van der Waals surface area contributed by atoms with Crippen LogP contribution in [-0.2, 0) is 33.7 Å². The number of halogens is 1. The fourth-order valence-electron chi connectivity index (χ4n) is 5.78. The minimum absolute atomic E-state index is 0. The summed E-state index contributed by atoms with van der Waals surface area (Å²) in [7, 11) is 0.385. The maximum atomic E-state index is 12.5. The molecule has 1 radical (unpaired) electrons. The monoisotopic (exact) mass is 575 g/mol. The van der Waals surface area contributed by atoms with Gasteiger partial charge in [-0.2, -0.15) is 4.39 Å². The second-order valence-corrected chi connectivity index (χ2v) is 12.7. The van der Waals surface area contributed by atoms with E-state index in [1.54, 1.807) is 82.0 Å². The van der Waals surface area contributed by atoms with Crippen LogP contribution in [0, 0.1) is 5.82 Å². The van der Waals surface area contributed by atoms with Gasteiger partial charge in [-0.15, -0.1) is 0 Å². The second-order valence-electron chi connectivity index (χ2n) is 9.58. The predicted octanol–water partition coefficient (Wildman–Crippen LogP) is 5.22. The molecule has 191 valence electrons. The summed E-state index contributed by atoms with van der Waals surface area (Å²) in [4.78, 5) is 33.1. The molecule has 6 nitrogen and oxygen atoms in total. The zero-order chi connectivity index (χ0) is 22.9. The Morgan fingerprint density at radius 2 is 1.27 bits per heavy atom. The van der Waals surface area contributed by atoms with Crippen molar-refractivity contribution in [2.24, 2.45) is 0 Å². The smallest absolute Gasteiger partial charge is 0.329 e. The Balaban J connectivity index is 0.000000244. The van der Waals surface area contributed by atoms with Crippen molar-refractivity contribution in [1.29, 1.82) is 0 Å². The number of aromatic amines is 1. The van der Waals surface area contributed by atoms with Crippen LogP contribution in [0.4, 0.5) is 4.39 Å². The van der Waals surface area contributed by atoms with Gasteiger partial charge in [0, 0.05) is 22.4 Å². The Bertz CT molecular complexity index is 801. The number of hydrogen-bond acceptors (Lipinski definition) is 3. The van der Waals surface area contributed by atoms with Crippen molar-refractivity contribution in [3.63, 3.8) is 0 Å². The Labute approximate surface area is 212 Å². The molecule has 0 aromatic carbocycles. The van der Waals surface area contributed by atoms with E-state index >= 15 is 0 Å². The van der Waals surface area contributed by atoms with Gasteiger partial charge in [-0.1, -0.05) is 65.7 Å². The number of carboxylic acids is 1. The zero-order valence-corrected chi connectivity index (χ0v) is 21.7. The van der Waals surface area contributed by atoms with Crippen LogP contribution in [-0.4, -0.2) is 37.6 Å². The second kappa shape index (κ2) is 14.6. The molecule has 2 N–H and O–H groups in total. The molecule has 0 saturated heterocycles. The quantitative estimate of drug-likeness (QED) is 0.371. The van der Waals surface area contributed by atoms with Crippen LogP contribution < -0.4 is 11.2 Å². The first-order chi connectivity index (χ1) is 15.5. The topological polar surface area (TPSA) is 92.2 Å². The summed E-state index contributed by atoms with van der Waals surface area (Å²) in [6.45, 7) is -0.688. The van der Waals surface area contributed by atoms with Gasteiger partial charge >= 0.3 is 11.7 Å². The van der Waals surface area contributed by atoms with Crippen LogP contribution in [0.15, 0.2) is 15.8 Å². The number of aromatic nitrogens is 2. The normalized spacial score (nSPS) is 20.5. The molecule has 3 aliphatic rings. The van der Waals surface area contributed by atoms with Crippen LogP contribution in [0.2, 0.25) is 0 Å². The first-order valence-electron chi connectivity index (χ1n) is 12.4. The van der Waals surface area contributed by atoms with Crippen molar-refractivity contribution < 1.29 is 36.7 Å². The molecule has 0 spiro atoms. The number of H-pyrrole nitrogens is 1. The molecular weight excluding hydrogens is 538 g/mol. The maximum Gasteiger partial charge on any atom is 0.329 e. The summed E-state index contributed by atoms with van der Waals surface area (Å²) in [6, 6.07) is 0. The molecule has 3 fully saturated rings. The minimum atomic E-state index is -1.30. The van der Waals surface area contributed by atoms with Crippen molar-refractivity contribution in [2.75, 3.05) is 0 Å². The largest absolute Gasteiger partial charge is 0.480 e. The van der Waals surface area contributed by atoms with Gasteiger partial charge in [0.15, 0.2) is 0 Å². The van der Waals surface area contributed by atoms with Crippen LogP contribution in [0.1, 0.15) is 96.3 Å². The van der Waals surface area contributed by atoms with Gasteiger partial charge in [-0.05, 0) is 55.5 Å². The molecule has 0 bridgehead atoms. The number of carbonyl (C=O) groups is 1. The molecule has 3 aliphatic carbocycles. The number of nitrogens with zero attached hydrogens (tertiary/aromatic N) is 1. The van der Waals surface area contributed by atoms with Gasteiger partial charge in [-0.25, -0.2) is 4.79 Å². The molecule has 9 heteroatoms. The number of rotatable bonds is 5. The van der Waals surface area contributed by atoms with Crippen molar-refractivity contribution in [3.8, 4) is 0 Å². The average Bonchev–Trinajstić information content (AvgIpc) is 2.80. The molecule has 1 heterocycles. The summed E-state index contributed by atoms with van der Waals surface area (Å²) < 4.78 is 13.1. The fraction of sp³-hybridized carbons (Fsp3) is 0.792. The summed E-state index contributed by atoms with van der Waals surface area (Å²) >= 11 is 0. The third-order valence-electron chi connectivity index (χ3n) is 7.26. The standard InChI is InChI=1S/C18H33P.C6H5FN2O4.Ag/c1-4-10-16(11-5-1)19(17-12-6-2-7-13-17)18-14-8-3-9-15-18;7-3-1-9(2-4(10)11)6(13)8-5(3)12;/h16-18H,1-15H2;1H,2H2,(H,10,11)(H,8,12,13);. The number of hydrogen-bond donors (Lipinski definition) is 2. The van der Waals surface area contributed by atoms with Crippen molar-refractivity contribution in [3.05, 3.63) is 32.9 Å². The Hall–Kier alpha value is -0.750. The van der Waals surface area contributed by atoms with E-state index in [1.165, 1.54) is 36.2 Å². The Morgan fingerprint density at radius 3 is 1.64 bits per heavy atom. The van der Waals surface area contributed by atoms with Crippen LogP contribution in [0.3, 0.4) is 0 Å². The zero-order valence-electron chi connectivity index (χ0n) is 19.4. The molecule has 4 rings (SSSR count). The van der Waals surface area contributed by atoms with E-state index in [0.29, 0.717) is 18.7 Å². The van der Waals surface area contributed by atoms with Crippen LogP contribution in [0.25, 0.3) is 0 Å². The van der Waals surface area contributed by atoms with Gasteiger partial charge in [-0.3, -0.25) is 19.1 Å². The molecule has 0 aliphatic heterocycles. The third kappa shape index (κ3) is 8.76. The van der Waals surface area contributed by atoms with E-state index in [-0.39, 0.29) is 22.4 Å². The number of nitrogens with one attached hydrogen (secondary N) is 1. The Kier molecular flexibility index (Phi) is 12.6. The number of aliphatic carboxylic acids is 1. The summed E-state index contributed by atoms with van der Waals surface area (Å²) in [5.74, 6) is -2.49. The van der Waals surface area contributed by atoms with Gasteiger partial charge in [0.25, 0.3) is 5.56 Å². The van der Waals surface area contributed by atoms with E-state index in [2.05, 4.69) is 0 Å². The van der Waals surface area contributed by atoms with Crippen LogP contribution in [0.5, 0.6) is 0 Å². The Morgan fingerprint density at radius 1 is 0.879 bits per heavy atom. The van der Waals surface area contributed by atoms with E-state index in [9.17, 15) is 18.8 Å². The molecule has 33 heavy (non-hydrogen) atoms. The first-order valence-corrected chi connectivity index (χ1v) is 14.0. The van der Waals surface area contributed by atoms with E-state index < -0.39 is 29.6 Å². The predicted molar refractivity (Wildman–Crippen MR) is 126 cm³/mol. The average molecular weight is 576 g/mol. The van der Waals surface area contributed by atoms with Crippen molar-refractivity contribution >= 4 is 13.9 Å². The van der Waals surface area contributed by atoms with E-state index in [1.807, 2.05) is 0 Å². The third-order valence-corrected chi connectivity index (χ3v) is 11.3. The molecule has 0 amide bonds. The van der Waals surface area contributed by atoms with E-state index in [4.69, 9.17) is 5.11 Å². The summed E-state index contributed by atoms with van der Waals surface area (Å²) in [5, 5.41) is 8.28. The van der Waals surface area contributed by atoms with E-state index in [0.717, 1.165) is 0 Å². The molecule has 0 atom stereocenters. The van der Waals surface area contributed by atoms with Gasteiger partial charge in [0.2, 0.25) is 5.82 Å². The van der Waals surface area contributed by atoms with Gasteiger partial charge in [0.05, 0.1) is 6.20 Å². The first kappa shape index (κ1) is 28.5. The minimum Gasteiger partial charge on any atom is -0.480 e.